The van der Waals surface area contributed by atoms with Crippen molar-refractivity contribution in [3.05, 3.63) is 320 Å². The van der Waals surface area contributed by atoms with E-state index < -0.39 is 5.97 Å². The Kier molecular flexibility index (Phi) is 22.3. The van der Waals surface area contributed by atoms with Gasteiger partial charge in [-0.05, 0) is 177 Å². The predicted molar refractivity (Wildman–Crippen MR) is 410 cm³/mol. The Hall–Kier alpha value is -16.1. The summed E-state index contributed by atoms with van der Waals surface area (Å²) in [5, 5.41) is 78.6. The molecule has 6 aromatic carbocycles. The smallest absolute Gasteiger partial charge is 0.335 e. The van der Waals surface area contributed by atoms with Gasteiger partial charge in [-0.25, -0.2) is 19.7 Å². The SMILES string of the molecule is N#Cc1cnc2c(C#N)cc(Cc3cc(C(=O)NCc4ccc5c(N)nccc5c4)ccn3)cc2c1.N#Cc1cnc2c(C#N)cc(Cc3cc(C(=O)NCc4ccc5c(N)nccc5c4)ccn3)cc2c1.N#Cc1cnc2c(C#N)cc(Cc3cc(C(=O)O)ccn3)cc2c1.NCc1ccc2c(N)nccc2c1. The molecule has 0 aliphatic heterocycles. The minimum absolute atomic E-state index is 0.162. The molecule has 0 radical (unpaired) electrons. The van der Waals surface area contributed by atoms with Gasteiger partial charge in [-0.2, -0.15) is 31.6 Å². The number of pyridine rings is 9. The zero-order chi connectivity index (χ0) is 76.5. The molecule has 0 bridgehead atoms. The first-order valence-electron chi connectivity index (χ1n) is 33.4. The van der Waals surface area contributed by atoms with Crippen molar-refractivity contribution in [2.75, 3.05) is 17.2 Å². The van der Waals surface area contributed by atoms with E-state index >= 15 is 0 Å². The van der Waals surface area contributed by atoms with Crippen molar-refractivity contribution >= 4 is 100 Å². The maximum atomic E-state index is 12.8. The number of benzene rings is 6. The molecule has 25 heteroatoms. The van der Waals surface area contributed by atoms with Crippen LogP contribution in [0.4, 0.5) is 17.5 Å². The second-order valence-electron chi connectivity index (χ2n) is 24.8. The number of carbonyl (C=O) groups is 3. The maximum Gasteiger partial charge on any atom is 0.335 e. The minimum Gasteiger partial charge on any atom is -0.478 e. The monoisotopic (exact) mass is 1430 g/mol. The molecule has 9 aromatic heterocycles. The number of hydrogen-bond donors (Lipinski definition) is 7. The van der Waals surface area contributed by atoms with E-state index in [0.717, 1.165) is 65.7 Å². The third-order valence-electron chi connectivity index (χ3n) is 17.4. The summed E-state index contributed by atoms with van der Waals surface area (Å²) < 4.78 is 0. The third kappa shape index (κ3) is 17.5. The number of hydrogen-bond acceptors (Lipinski definition) is 22. The van der Waals surface area contributed by atoms with E-state index in [1.807, 2.05) is 97.1 Å². The van der Waals surface area contributed by atoms with Gasteiger partial charge in [0.05, 0.1) is 55.5 Å². The molecule has 15 aromatic rings. The number of nitrogens with zero attached hydrogens (tertiary/aromatic N) is 15. The number of carboxylic acid groups (broad SMARTS) is 1. The van der Waals surface area contributed by atoms with Crippen molar-refractivity contribution < 1.29 is 19.5 Å². The molecule has 0 unspecified atom stereocenters. The molecule has 11 N–H and O–H groups in total. The number of nitrogens with one attached hydrogen (secondary N) is 2. The summed E-state index contributed by atoms with van der Waals surface area (Å²) in [6.45, 7) is 1.27. The molecule has 0 aliphatic rings. The number of fused-ring (bicyclic) bond motifs is 6. The molecule has 15 rings (SSSR count). The standard InChI is InChI=1S/2C28H19N7O.C18H10N4O2.C10H11N3/c2*29-13-19-10-22-8-18(9-23(14-30)26(22)34-16-19)11-24-12-21(4-5-32-24)28(36)35-15-17-1-2-25-20(7-17)3-6-33-27(25)31;19-8-12-5-14-3-11(4-15(9-20)17(14)22-10-12)6-16-7-13(18(23)24)1-2-21-16;11-6-7-1-2-9-8(5-7)3-4-13-10(9)12/h2*1-10,12,16H,11,15H2,(H2,31,33)(H,35,36);1-5,7,10H,6H2,(H,23,24);1-5H,6,11H2,(H2,12,13). The largest absolute Gasteiger partial charge is 0.478 e. The Balaban J connectivity index is 0.000000143. The highest BCUT2D eigenvalue weighted by atomic mass is 16.4. The van der Waals surface area contributed by atoms with E-state index in [9.17, 15) is 40.7 Å². The molecule has 0 fully saturated rings. The van der Waals surface area contributed by atoms with Crippen molar-refractivity contribution in [3.63, 3.8) is 0 Å². The number of nitrogens with two attached hydrogens (primary N) is 4. The van der Waals surface area contributed by atoms with Crippen LogP contribution in [-0.2, 0) is 38.9 Å². The first kappa shape index (κ1) is 72.7. The first-order valence-corrected chi connectivity index (χ1v) is 33.4. The molecule has 25 nitrogen and oxygen atoms in total. The topological polar surface area (TPSA) is 458 Å². The fraction of sp³-hybridized carbons (Fsp3) is 0.0714. The lowest BCUT2D eigenvalue weighted by Gasteiger charge is -2.09. The lowest BCUT2D eigenvalue weighted by molar-refractivity contribution is 0.0695. The second kappa shape index (κ2) is 33.4. The molecule has 524 valence electrons. The predicted octanol–water partition coefficient (Wildman–Crippen LogP) is 12.0. The Morgan fingerprint density at radius 3 is 0.982 bits per heavy atom. The highest BCUT2D eigenvalue weighted by Crippen LogP contribution is 2.28. The number of nitrogen functional groups attached to an aromatic ring is 3. The summed E-state index contributed by atoms with van der Waals surface area (Å²) in [6.07, 6.45) is 15.2. The number of carboxylic acids is 1. The van der Waals surface area contributed by atoms with Crippen LogP contribution in [0.2, 0.25) is 0 Å². The van der Waals surface area contributed by atoms with E-state index in [4.69, 9.17) is 33.3 Å². The number of aromatic nitrogens is 9. The van der Waals surface area contributed by atoms with Gasteiger partial charge in [0.1, 0.15) is 53.9 Å². The number of carbonyl (C=O) groups excluding carboxylic acids is 2. The molecule has 109 heavy (non-hydrogen) atoms. The van der Waals surface area contributed by atoms with Crippen molar-refractivity contribution in [1.82, 2.24) is 55.5 Å². The van der Waals surface area contributed by atoms with Crippen LogP contribution in [0.3, 0.4) is 0 Å². The van der Waals surface area contributed by atoms with Gasteiger partial charge < -0.3 is 38.7 Å². The lowest BCUT2D eigenvalue weighted by Crippen LogP contribution is -2.23. The van der Waals surface area contributed by atoms with Gasteiger partial charge in [0.2, 0.25) is 0 Å². The number of nitriles is 6. The van der Waals surface area contributed by atoms with E-state index in [-0.39, 0.29) is 17.4 Å². The number of amides is 2. The Bertz CT molecular complexity index is 6150. The number of anilines is 3. The van der Waals surface area contributed by atoms with Crippen molar-refractivity contribution in [2.45, 2.75) is 38.9 Å². The second-order valence-corrected chi connectivity index (χ2v) is 24.8. The molecular weight excluding hydrogens is 1370 g/mol. The highest BCUT2D eigenvalue weighted by molar-refractivity contribution is 5.97. The molecule has 0 aliphatic carbocycles. The number of aromatic carboxylic acids is 1. The fourth-order valence-corrected chi connectivity index (χ4v) is 12.1. The van der Waals surface area contributed by atoms with Crippen LogP contribution in [0.5, 0.6) is 0 Å². The summed E-state index contributed by atoms with van der Waals surface area (Å²) in [7, 11) is 0. The van der Waals surface area contributed by atoms with Gasteiger partial charge in [0, 0.05) is 155 Å². The van der Waals surface area contributed by atoms with Crippen molar-refractivity contribution in [1.29, 1.82) is 31.6 Å². The fourth-order valence-electron chi connectivity index (χ4n) is 12.1. The van der Waals surface area contributed by atoms with Gasteiger partial charge in [0.25, 0.3) is 11.8 Å². The van der Waals surface area contributed by atoms with Gasteiger partial charge in [-0.3, -0.25) is 39.5 Å². The number of rotatable bonds is 14. The van der Waals surface area contributed by atoms with Gasteiger partial charge in [-0.1, -0.05) is 36.4 Å². The van der Waals surface area contributed by atoms with Crippen LogP contribution in [0, 0.1) is 68.0 Å². The van der Waals surface area contributed by atoms with Crippen LogP contribution < -0.4 is 33.6 Å². The maximum absolute atomic E-state index is 12.8. The van der Waals surface area contributed by atoms with E-state index in [0.29, 0.717) is 151 Å². The van der Waals surface area contributed by atoms with E-state index in [1.165, 1.54) is 36.9 Å². The normalized spacial score (nSPS) is 10.5. The van der Waals surface area contributed by atoms with Gasteiger partial charge in [0.15, 0.2) is 0 Å². The first-order chi connectivity index (χ1) is 53.0. The molecular formula is C84H59N21O4. The summed E-state index contributed by atoms with van der Waals surface area (Å²) in [6, 6.07) is 61.5. The van der Waals surface area contributed by atoms with Crippen LogP contribution in [0.1, 0.15) is 115 Å². The van der Waals surface area contributed by atoms with Gasteiger partial charge >= 0.3 is 5.97 Å². The summed E-state index contributed by atoms with van der Waals surface area (Å²) >= 11 is 0. The van der Waals surface area contributed by atoms with Crippen molar-refractivity contribution in [2.24, 2.45) is 5.73 Å². The average Bonchev–Trinajstić information content (AvgIpc) is 0.668. The van der Waals surface area contributed by atoms with Crippen LogP contribution >= 0.6 is 0 Å². The van der Waals surface area contributed by atoms with E-state index in [2.05, 4.69) is 85.8 Å². The molecule has 9 heterocycles. The lowest BCUT2D eigenvalue weighted by atomic mass is 10.0. The molecule has 0 atom stereocenters. The van der Waals surface area contributed by atoms with Crippen molar-refractivity contribution in [3.8, 4) is 36.4 Å². The Labute approximate surface area is 622 Å². The highest BCUT2D eigenvalue weighted by Gasteiger charge is 2.16. The molecule has 2 amide bonds. The quantitative estimate of drug-likeness (QED) is 0.0531. The minimum atomic E-state index is -1.02. The zero-order valence-electron chi connectivity index (χ0n) is 57.7. The van der Waals surface area contributed by atoms with E-state index in [1.54, 1.807) is 91.6 Å². The summed E-state index contributed by atoms with van der Waals surface area (Å²) in [4.78, 5) is 74.5. The van der Waals surface area contributed by atoms with Crippen LogP contribution in [0.25, 0.3) is 65.0 Å². The Morgan fingerprint density at radius 2 is 0.651 bits per heavy atom. The zero-order valence-corrected chi connectivity index (χ0v) is 57.7. The Morgan fingerprint density at radius 1 is 0.339 bits per heavy atom. The summed E-state index contributed by atoms with van der Waals surface area (Å²) in [5.74, 6) is 0.0721. The van der Waals surface area contributed by atoms with Crippen LogP contribution in [0.15, 0.2) is 220 Å². The third-order valence-corrected chi connectivity index (χ3v) is 17.4. The molecule has 0 spiro atoms. The summed E-state index contributed by atoms with van der Waals surface area (Å²) in [5.41, 5.74) is 35.8. The average molecular weight is 1430 g/mol. The molecule has 0 saturated carbocycles. The molecule has 0 saturated heterocycles. The van der Waals surface area contributed by atoms with Gasteiger partial charge in [-0.15, -0.1) is 0 Å². The van der Waals surface area contributed by atoms with Crippen LogP contribution in [-0.4, -0.2) is 67.7 Å².